The van der Waals surface area contributed by atoms with Crippen molar-refractivity contribution in [1.82, 2.24) is 5.43 Å². The Kier molecular flexibility index (Phi) is 7.14. The number of hydrogen-bond donors (Lipinski definition) is 1. The molecule has 0 aliphatic rings. The van der Waals surface area contributed by atoms with Crippen molar-refractivity contribution in [2.75, 3.05) is 13.7 Å². The molecule has 1 amide bonds. The highest BCUT2D eigenvalue weighted by molar-refractivity contribution is 14.1. The molecule has 2 aromatic carbocycles. The summed E-state index contributed by atoms with van der Waals surface area (Å²) < 4.78 is 11.4. The average molecular weight is 479 g/mol. The minimum atomic E-state index is -0.402. The number of halogens is 3. The lowest BCUT2D eigenvalue weighted by molar-refractivity contribution is -0.123. The van der Waals surface area contributed by atoms with E-state index in [9.17, 15) is 4.79 Å². The molecule has 8 heteroatoms. The topological polar surface area (TPSA) is 59.9 Å². The number of nitrogens with one attached hydrogen (secondary N) is 1. The molecule has 5 nitrogen and oxygen atoms in total. The van der Waals surface area contributed by atoms with Gasteiger partial charge < -0.3 is 9.47 Å². The van der Waals surface area contributed by atoms with Gasteiger partial charge in [0.15, 0.2) is 6.61 Å². The minimum Gasteiger partial charge on any atom is -0.497 e. The van der Waals surface area contributed by atoms with Gasteiger partial charge >= 0.3 is 0 Å². The van der Waals surface area contributed by atoms with E-state index in [1.807, 2.05) is 6.07 Å². The van der Waals surface area contributed by atoms with E-state index >= 15 is 0 Å². The molecule has 0 saturated heterocycles. The van der Waals surface area contributed by atoms with E-state index in [-0.39, 0.29) is 6.61 Å². The fourth-order valence-corrected chi connectivity index (χ4v) is 2.84. The lowest BCUT2D eigenvalue weighted by atomic mass is 10.2. The van der Waals surface area contributed by atoms with Crippen molar-refractivity contribution in [3.8, 4) is 11.5 Å². The molecular weight excluding hydrogens is 466 g/mol. The van der Waals surface area contributed by atoms with E-state index in [0.717, 1.165) is 9.32 Å². The molecule has 0 radical (unpaired) electrons. The van der Waals surface area contributed by atoms with Gasteiger partial charge in [0.1, 0.15) is 11.5 Å². The van der Waals surface area contributed by atoms with Gasteiger partial charge in [-0.2, -0.15) is 5.10 Å². The Morgan fingerprint density at radius 1 is 1.29 bits per heavy atom. The molecule has 2 aromatic rings. The largest absolute Gasteiger partial charge is 0.497 e. The van der Waals surface area contributed by atoms with Crippen LogP contribution in [0.15, 0.2) is 41.5 Å². The first-order valence-electron chi connectivity index (χ1n) is 6.73. The summed E-state index contributed by atoms with van der Waals surface area (Å²) >= 11 is 14.1. The molecule has 0 aliphatic heterocycles. The molecule has 0 spiro atoms. The lowest BCUT2D eigenvalue weighted by Crippen LogP contribution is -2.24. The zero-order valence-corrected chi connectivity index (χ0v) is 16.2. The van der Waals surface area contributed by atoms with Crippen molar-refractivity contribution >= 4 is 57.9 Å². The number of hydrazone groups is 1. The third kappa shape index (κ3) is 5.25. The van der Waals surface area contributed by atoms with Crippen molar-refractivity contribution in [2.45, 2.75) is 0 Å². The highest BCUT2D eigenvalue weighted by atomic mass is 127. The number of carbonyl (C=O) groups excluding carboxylic acids is 1. The van der Waals surface area contributed by atoms with Gasteiger partial charge in [-0.15, -0.1) is 0 Å². The summed E-state index contributed by atoms with van der Waals surface area (Å²) in [4.78, 5) is 11.8. The Balaban J connectivity index is 1.89. The van der Waals surface area contributed by atoms with E-state index in [2.05, 4.69) is 33.1 Å². The number of nitrogens with zero attached hydrogens (tertiary/aromatic N) is 1. The van der Waals surface area contributed by atoms with Gasteiger partial charge in [0.25, 0.3) is 5.91 Å². The molecular formula is C16H13Cl2IN2O3. The first-order chi connectivity index (χ1) is 11.5. The molecule has 0 saturated carbocycles. The van der Waals surface area contributed by atoms with Gasteiger partial charge in [0, 0.05) is 5.56 Å². The second kappa shape index (κ2) is 9.10. The van der Waals surface area contributed by atoms with Crippen LogP contribution in [0.3, 0.4) is 0 Å². The van der Waals surface area contributed by atoms with Gasteiger partial charge in [0.05, 0.1) is 26.9 Å². The van der Waals surface area contributed by atoms with Gasteiger partial charge in [0.2, 0.25) is 0 Å². The van der Waals surface area contributed by atoms with Crippen molar-refractivity contribution < 1.29 is 14.3 Å². The number of amides is 1. The maximum atomic E-state index is 11.8. The van der Waals surface area contributed by atoms with Crippen molar-refractivity contribution in [3.63, 3.8) is 0 Å². The van der Waals surface area contributed by atoms with E-state index in [0.29, 0.717) is 21.4 Å². The maximum absolute atomic E-state index is 11.8. The zero-order chi connectivity index (χ0) is 17.5. The third-order valence-corrected chi connectivity index (χ3v) is 4.38. The van der Waals surface area contributed by atoms with Gasteiger partial charge in [-0.3, -0.25) is 4.79 Å². The predicted octanol–water partition coefficient (Wildman–Crippen LogP) is 4.14. The Morgan fingerprint density at radius 2 is 2.00 bits per heavy atom. The molecule has 0 bridgehead atoms. The number of methoxy groups -OCH3 is 1. The standard InChI is InChI=1S/C16H13Cl2IN2O3/c1-23-10-5-6-15(14(19)7-10)24-9-16(22)21-20-8-11-12(17)3-2-4-13(11)18/h2-8H,9H2,1H3,(H,21,22)/b20-8+. The monoisotopic (exact) mass is 478 g/mol. The Hall–Kier alpha value is -1.51. The fraction of sp³-hybridized carbons (Fsp3) is 0.125. The smallest absolute Gasteiger partial charge is 0.277 e. The summed E-state index contributed by atoms with van der Waals surface area (Å²) in [5.41, 5.74) is 2.89. The average Bonchev–Trinajstić information content (AvgIpc) is 2.56. The van der Waals surface area contributed by atoms with Crippen molar-refractivity contribution in [3.05, 3.63) is 55.6 Å². The molecule has 126 valence electrons. The molecule has 0 aliphatic carbocycles. The van der Waals surface area contributed by atoms with Crippen LogP contribution in [0, 0.1) is 3.57 Å². The van der Waals surface area contributed by atoms with Gasteiger partial charge in [-0.1, -0.05) is 29.3 Å². The molecule has 0 aromatic heterocycles. The summed E-state index contributed by atoms with van der Waals surface area (Å²) in [6, 6.07) is 10.4. The fourth-order valence-electron chi connectivity index (χ4n) is 1.70. The van der Waals surface area contributed by atoms with Crippen LogP contribution in [-0.2, 0) is 4.79 Å². The van der Waals surface area contributed by atoms with Gasteiger partial charge in [-0.05, 0) is 52.9 Å². The molecule has 0 unspecified atom stereocenters. The van der Waals surface area contributed by atoms with Crippen LogP contribution in [0.25, 0.3) is 0 Å². The normalized spacial score (nSPS) is 10.7. The quantitative estimate of drug-likeness (QED) is 0.385. The molecule has 0 heterocycles. The van der Waals surface area contributed by atoms with E-state index in [1.165, 1.54) is 6.21 Å². The second-order valence-corrected chi connectivity index (χ2v) is 6.49. The first-order valence-corrected chi connectivity index (χ1v) is 8.57. The van der Waals surface area contributed by atoms with E-state index in [4.69, 9.17) is 32.7 Å². The highest BCUT2D eigenvalue weighted by Gasteiger charge is 2.07. The molecule has 0 fully saturated rings. The zero-order valence-electron chi connectivity index (χ0n) is 12.6. The van der Waals surface area contributed by atoms with Gasteiger partial charge in [-0.25, -0.2) is 5.43 Å². The Labute approximate surface area is 163 Å². The summed E-state index contributed by atoms with van der Waals surface area (Å²) in [6.07, 6.45) is 1.39. The third-order valence-electron chi connectivity index (χ3n) is 2.88. The number of hydrogen-bond acceptors (Lipinski definition) is 4. The number of carbonyl (C=O) groups is 1. The summed E-state index contributed by atoms with van der Waals surface area (Å²) in [5, 5.41) is 4.73. The molecule has 1 N–H and O–H groups in total. The van der Waals surface area contributed by atoms with E-state index in [1.54, 1.807) is 37.4 Å². The van der Waals surface area contributed by atoms with Crippen LogP contribution in [0.5, 0.6) is 11.5 Å². The van der Waals surface area contributed by atoms with Crippen LogP contribution in [0.2, 0.25) is 10.0 Å². The molecule has 0 atom stereocenters. The summed E-state index contributed by atoms with van der Waals surface area (Å²) in [7, 11) is 1.59. The van der Waals surface area contributed by atoms with Crippen molar-refractivity contribution in [2.24, 2.45) is 5.10 Å². The molecule has 2 rings (SSSR count). The second-order valence-electron chi connectivity index (χ2n) is 4.51. The first kappa shape index (κ1) is 18.8. The van der Waals surface area contributed by atoms with Crippen LogP contribution in [-0.4, -0.2) is 25.8 Å². The van der Waals surface area contributed by atoms with Crippen LogP contribution >= 0.6 is 45.8 Å². The van der Waals surface area contributed by atoms with E-state index < -0.39 is 5.91 Å². The van der Waals surface area contributed by atoms with Crippen LogP contribution < -0.4 is 14.9 Å². The minimum absolute atomic E-state index is 0.171. The molecule has 24 heavy (non-hydrogen) atoms. The van der Waals surface area contributed by atoms with Crippen LogP contribution in [0.1, 0.15) is 5.56 Å². The van der Waals surface area contributed by atoms with Crippen LogP contribution in [0.4, 0.5) is 0 Å². The Bertz CT molecular complexity index is 749. The maximum Gasteiger partial charge on any atom is 0.277 e. The number of benzene rings is 2. The van der Waals surface area contributed by atoms with Crippen molar-refractivity contribution in [1.29, 1.82) is 0 Å². The number of rotatable bonds is 6. The highest BCUT2D eigenvalue weighted by Crippen LogP contribution is 2.25. The Morgan fingerprint density at radius 3 is 2.62 bits per heavy atom. The SMILES string of the molecule is COc1ccc(OCC(=O)N/N=C/c2c(Cl)cccc2Cl)c(I)c1. The predicted molar refractivity (Wildman–Crippen MR) is 103 cm³/mol. The summed E-state index contributed by atoms with van der Waals surface area (Å²) in [5.74, 6) is 0.906. The number of ether oxygens (including phenoxy) is 2. The summed E-state index contributed by atoms with van der Waals surface area (Å²) in [6.45, 7) is -0.171. The lowest BCUT2D eigenvalue weighted by Gasteiger charge is -2.08.